The fourth-order valence-electron chi connectivity index (χ4n) is 0.598. The van der Waals surface area contributed by atoms with Crippen LogP contribution >= 0.6 is 0 Å². The second-order valence-electron chi connectivity index (χ2n) is 2.05. The van der Waals surface area contributed by atoms with E-state index in [4.69, 9.17) is 0 Å². The number of guanidine groups is 1. The maximum atomic E-state index is 4.02. The highest BCUT2D eigenvalue weighted by atomic mass is 15.1. The van der Waals surface area contributed by atoms with E-state index < -0.39 is 0 Å². The van der Waals surface area contributed by atoms with Gasteiger partial charge in [-0.15, -0.1) is 0 Å². The predicted octanol–water partition coefficient (Wildman–Crippen LogP) is 0.764. The van der Waals surface area contributed by atoms with Gasteiger partial charge in [0.1, 0.15) is 0 Å². The van der Waals surface area contributed by atoms with Crippen molar-refractivity contribution in [1.29, 1.82) is 0 Å². The molecule has 9 heavy (non-hydrogen) atoms. The molecule has 1 heterocycles. The molecule has 1 rings (SSSR count). The summed E-state index contributed by atoms with van der Waals surface area (Å²) in [6, 6.07) is 0. The average Bonchev–Trinajstić information content (AvgIpc) is 1.90. The van der Waals surface area contributed by atoms with Crippen LogP contribution in [0.1, 0.15) is 6.92 Å². The molecule has 0 bridgehead atoms. The molecule has 0 saturated carbocycles. The molecule has 0 fully saturated rings. The third kappa shape index (κ3) is 1.45. The zero-order valence-electron chi connectivity index (χ0n) is 5.41. The molecular weight excluding hydrogens is 114 g/mol. The van der Waals surface area contributed by atoms with E-state index in [0.717, 1.165) is 6.54 Å². The van der Waals surface area contributed by atoms with Crippen LogP contribution in [0.25, 0.3) is 0 Å². The van der Waals surface area contributed by atoms with E-state index in [9.17, 15) is 0 Å². The first-order chi connectivity index (χ1) is 4.33. The van der Waals surface area contributed by atoms with Gasteiger partial charge in [-0.2, -0.15) is 0 Å². The first kappa shape index (κ1) is 6.13. The lowest BCUT2D eigenvalue weighted by atomic mass is 10.2. The smallest absolute Gasteiger partial charge is 0.243 e. The van der Waals surface area contributed by atoms with Crippen LogP contribution in [0.2, 0.25) is 0 Å². The molecule has 0 saturated heterocycles. The maximum absolute atomic E-state index is 4.02. The van der Waals surface area contributed by atoms with Crippen LogP contribution in [0.15, 0.2) is 15.0 Å². The Balaban J connectivity index is 2.62. The van der Waals surface area contributed by atoms with Crippen LogP contribution < -0.4 is 0 Å². The minimum absolute atomic E-state index is 0.454. The van der Waals surface area contributed by atoms with Crippen molar-refractivity contribution in [3.63, 3.8) is 0 Å². The SMILES string of the molecule is C=NC1=NCC(C)C=N1. The van der Waals surface area contributed by atoms with Gasteiger partial charge in [-0.3, -0.25) is 0 Å². The minimum atomic E-state index is 0.454. The zero-order valence-corrected chi connectivity index (χ0v) is 5.41. The average molecular weight is 123 g/mol. The van der Waals surface area contributed by atoms with Gasteiger partial charge in [-0.25, -0.2) is 15.0 Å². The van der Waals surface area contributed by atoms with Gasteiger partial charge < -0.3 is 0 Å². The molecule has 0 radical (unpaired) electrons. The Morgan fingerprint density at radius 1 is 1.89 bits per heavy atom. The predicted molar refractivity (Wildman–Crippen MR) is 39.5 cm³/mol. The first-order valence-electron chi connectivity index (χ1n) is 2.88. The second-order valence-corrected chi connectivity index (χ2v) is 2.05. The van der Waals surface area contributed by atoms with Crippen molar-refractivity contribution in [2.24, 2.45) is 20.9 Å². The van der Waals surface area contributed by atoms with Crippen molar-refractivity contribution in [3.8, 4) is 0 Å². The number of hydrogen-bond acceptors (Lipinski definition) is 3. The fourth-order valence-corrected chi connectivity index (χ4v) is 0.598. The Morgan fingerprint density at radius 3 is 3.11 bits per heavy atom. The van der Waals surface area contributed by atoms with Crippen LogP contribution in [0.3, 0.4) is 0 Å². The largest absolute Gasteiger partial charge is 0.249 e. The molecule has 0 aliphatic carbocycles. The van der Waals surface area contributed by atoms with E-state index in [1.807, 2.05) is 6.21 Å². The summed E-state index contributed by atoms with van der Waals surface area (Å²) in [6.07, 6.45) is 1.84. The van der Waals surface area contributed by atoms with Gasteiger partial charge in [0.2, 0.25) is 5.96 Å². The Bertz CT molecular complexity index is 169. The summed E-state index contributed by atoms with van der Waals surface area (Å²) < 4.78 is 0. The van der Waals surface area contributed by atoms with E-state index >= 15 is 0 Å². The maximum Gasteiger partial charge on any atom is 0.243 e. The summed E-state index contributed by atoms with van der Waals surface area (Å²) in [5.74, 6) is 0.962. The Hall–Kier alpha value is -0.990. The van der Waals surface area contributed by atoms with Crippen molar-refractivity contribution in [2.45, 2.75) is 6.92 Å². The van der Waals surface area contributed by atoms with E-state index in [1.165, 1.54) is 0 Å². The van der Waals surface area contributed by atoms with Crippen molar-refractivity contribution in [3.05, 3.63) is 0 Å². The summed E-state index contributed by atoms with van der Waals surface area (Å²) in [6.45, 7) is 6.17. The highest BCUT2D eigenvalue weighted by molar-refractivity contribution is 5.92. The van der Waals surface area contributed by atoms with Crippen LogP contribution in [-0.4, -0.2) is 25.4 Å². The second kappa shape index (κ2) is 2.53. The van der Waals surface area contributed by atoms with Gasteiger partial charge in [0.15, 0.2) is 0 Å². The molecule has 0 aromatic rings. The summed E-state index contributed by atoms with van der Waals surface area (Å²) in [5.41, 5.74) is 0. The molecule has 1 aliphatic rings. The molecule has 3 nitrogen and oxygen atoms in total. The number of rotatable bonds is 0. The van der Waals surface area contributed by atoms with Gasteiger partial charge in [-0.1, -0.05) is 6.92 Å². The van der Waals surface area contributed by atoms with Gasteiger partial charge in [-0.05, 0) is 6.72 Å². The summed E-state index contributed by atoms with van der Waals surface area (Å²) >= 11 is 0. The lowest BCUT2D eigenvalue weighted by molar-refractivity contribution is 0.786. The highest BCUT2D eigenvalue weighted by Crippen LogP contribution is 1.98. The standard InChI is InChI=1S/C6H9N3/c1-5-3-8-6(7-2)9-4-5/h3,5H,2,4H2,1H3. The van der Waals surface area contributed by atoms with E-state index in [-0.39, 0.29) is 0 Å². The van der Waals surface area contributed by atoms with Crippen molar-refractivity contribution < 1.29 is 0 Å². The van der Waals surface area contributed by atoms with Crippen molar-refractivity contribution in [2.75, 3.05) is 6.54 Å². The summed E-state index contributed by atoms with van der Waals surface area (Å²) in [4.78, 5) is 11.5. The quantitative estimate of drug-likeness (QED) is 0.426. The number of hydrogen-bond donors (Lipinski definition) is 0. The van der Waals surface area contributed by atoms with Crippen molar-refractivity contribution >= 4 is 18.9 Å². The fraction of sp³-hybridized carbons (Fsp3) is 0.500. The molecule has 0 spiro atoms. The summed E-state index contributed by atoms with van der Waals surface area (Å²) in [7, 11) is 0. The van der Waals surface area contributed by atoms with E-state index in [1.54, 1.807) is 0 Å². The molecule has 0 amide bonds. The normalized spacial score (nSPS) is 25.4. The lowest BCUT2D eigenvalue weighted by Gasteiger charge is -2.05. The lowest BCUT2D eigenvalue weighted by Crippen LogP contribution is -2.09. The number of nitrogens with zero attached hydrogens (tertiary/aromatic N) is 3. The van der Waals surface area contributed by atoms with E-state index in [2.05, 4.69) is 28.6 Å². The zero-order chi connectivity index (χ0) is 6.69. The topological polar surface area (TPSA) is 37.1 Å². The van der Waals surface area contributed by atoms with Gasteiger partial charge in [0.05, 0.1) is 6.54 Å². The number of aliphatic imine (C=N–C) groups is 3. The molecule has 0 aromatic heterocycles. The van der Waals surface area contributed by atoms with Gasteiger partial charge >= 0.3 is 0 Å². The van der Waals surface area contributed by atoms with Crippen LogP contribution in [0.4, 0.5) is 0 Å². The molecule has 1 aliphatic heterocycles. The molecular formula is C6H9N3. The minimum Gasteiger partial charge on any atom is -0.249 e. The molecule has 1 unspecified atom stereocenters. The monoisotopic (exact) mass is 123 g/mol. The summed E-state index contributed by atoms with van der Waals surface area (Å²) in [5, 5.41) is 0. The third-order valence-corrected chi connectivity index (χ3v) is 1.11. The van der Waals surface area contributed by atoms with Crippen LogP contribution in [-0.2, 0) is 0 Å². The third-order valence-electron chi connectivity index (χ3n) is 1.11. The molecule has 3 heteroatoms. The highest BCUT2D eigenvalue weighted by Gasteiger charge is 2.02. The van der Waals surface area contributed by atoms with Crippen LogP contribution in [0.5, 0.6) is 0 Å². The first-order valence-corrected chi connectivity index (χ1v) is 2.88. The Morgan fingerprint density at radius 2 is 2.67 bits per heavy atom. The van der Waals surface area contributed by atoms with Crippen molar-refractivity contribution in [1.82, 2.24) is 0 Å². The molecule has 0 aromatic carbocycles. The molecule has 48 valence electrons. The Labute approximate surface area is 54.2 Å². The van der Waals surface area contributed by atoms with Crippen LogP contribution in [0, 0.1) is 5.92 Å². The van der Waals surface area contributed by atoms with Gasteiger partial charge in [0, 0.05) is 12.1 Å². The Kier molecular flexibility index (Phi) is 1.72. The molecule has 1 atom stereocenters. The molecule has 0 N–H and O–H groups in total. The van der Waals surface area contributed by atoms with E-state index in [0.29, 0.717) is 11.9 Å². The van der Waals surface area contributed by atoms with Gasteiger partial charge in [0.25, 0.3) is 0 Å².